The number of hydrogen-bond donors (Lipinski definition) is 6. The van der Waals surface area contributed by atoms with Crippen LogP contribution < -0.4 is 11.4 Å². The van der Waals surface area contributed by atoms with Gasteiger partial charge in [-0.2, -0.15) is 13.6 Å². The number of anilines is 1. The van der Waals surface area contributed by atoms with Gasteiger partial charge >= 0.3 is 29.2 Å². The second-order valence-corrected chi connectivity index (χ2v) is 11.1. The minimum Gasteiger partial charge on any atom is -0.384 e. The predicted molar refractivity (Wildman–Crippen MR) is 96.2 cm³/mol. The van der Waals surface area contributed by atoms with Gasteiger partial charge in [0, 0.05) is 13.3 Å². The standard InChI is InChI=1S/C11H17FN3O14P3/c1-25-10(4-26-31(21,22)29-32(23,24)28-30(18,19)20)8(16)11(12)6(7(11)27-10)15-3-2-5(13)14-9(15)17/h2-3,6-8,16H,4H2,1H3,(H,21,22)(H,23,24)(H2,13,14,17)(H2,18,19,20)/t6?,7-,8+,10?,11+/m0/s1. The molecule has 1 aliphatic carbocycles. The summed E-state index contributed by atoms with van der Waals surface area (Å²) in [6, 6.07) is -0.155. The van der Waals surface area contributed by atoms with Gasteiger partial charge in [-0.3, -0.25) is 9.09 Å². The van der Waals surface area contributed by atoms with Crippen LogP contribution in [0.25, 0.3) is 0 Å². The summed E-state index contributed by atoms with van der Waals surface area (Å²) in [6.07, 6.45) is -2.59. The number of aliphatic hydroxyl groups excluding tert-OH is 1. The fourth-order valence-electron chi connectivity index (χ4n) is 3.22. The Morgan fingerprint density at radius 1 is 1.25 bits per heavy atom. The van der Waals surface area contributed by atoms with E-state index in [1.54, 1.807) is 0 Å². The van der Waals surface area contributed by atoms with Crippen LogP contribution in [0.4, 0.5) is 10.2 Å². The first kappa shape index (κ1) is 25.5. The van der Waals surface area contributed by atoms with Gasteiger partial charge in [-0.1, -0.05) is 0 Å². The second-order valence-electron chi connectivity index (χ2n) is 6.64. The Morgan fingerprint density at radius 2 is 1.88 bits per heavy atom. The average molecular weight is 527 g/mol. The third-order valence-corrected chi connectivity index (χ3v) is 8.35. The molecule has 2 aliphatic rings. The number of halogens is 1. The second kappa shape index (κ2) is 7.99. The van der Waals surface area contributed by atoms with Crippen molar-refractivity contribution in [3.8, 4) is 0 Å². The van der Waals surface area contributed by atoms with Gasteiger partial charge in [0.05, 0.1) is 0 Å². The maximum atomic E-state index is 15.4. The molecule has 1 aromatic heterocycles. The van der Waals surface area contributed by atoms with Gasteiger partial charge in [-0.15, -0.1) is 0 Å². The van der Waals surface area contributed by atoms with E-state index in [1.165, 1.54) is 6.07 Å². The minimum atomic E-state index is -5.79. The summed E-state index contributed by atoms with van der Waals surface area (Å²) in [4.78, 5) is 51.0. The maximum Gasteiger partial charge on any atom is 0.490 e. The molecule has 32 heavy (non-hydrogen) atoms. The van der Waals surface area contributed by atoms with E-state index in [4.69, 9.17) is 29.9 Å². The number of rotatable bonds is 9. The third-order valence-electron chi connectivity index (χ3n) is 4.57. The molecule has 2 heterocycles. The molecule has 182 valence electrons. The number of phosphoric acid groups is 3. The lowest BCUT2D eigenvalue weighted by Gasteiger charge is -2.34. The van der Waals surface area contributed by atoms with Crippen molar-refractivity contribution in [3.63, 3.8) is 0 Å². The first-order valence-electron chi connectivity index (χ1n) is 8.19. The summed E-state index contributed by atoms with van der Waals surface area (Å²) in [5.74, 6) is -2.57. The van der Waals surface area contributed by atoms with Crippen molar-refractivity contribution in [2.45, 2.75) is 29.7 Å². The molecule has 17 nitrogen and oxygen atoms in total. The summed E-state index contributed by atoms with van der Waals surface area (Å²) in [5.41, 5.74) is 1.79. The van der Waals surface area contributed by atoms with Crippen LogP contribution in [0.2, 0.25) is 0 Å². The van der Waals surface area contributed by atoms with E-state index < -0.39 is 65.5 Å². The van der Waals surface area contributed by atoms with Crippen molar-refractivity contribution in [3.05, 3.63) is 22.7 Å². The lowest BCUT2D eigenvalue weighted by molar-refractivity contribution is -0.270. The smallest absolute Gasteiger partial charge is 0.384 e. The van der Waals surface area contributed by atoms with Crippen LogP contribution in [0.5, 0.6) is 0 Å². The number of phosphoric ester groups is 1. The van der Waals surface area contributed by atoms with Crippen molar-refractivity contribution < 1.29 is 65.4 Å². The number of aromatic nitrogens is 2. The molecule has 0 radical (unpaired) electrons. The Hall–Kier alpha value is -1.10. The molecule has 1 saturated heterocycles. The quantitative estimate of drug-likeness (QED) is 0.200. The number of nitrogens with zero attached hydrogens (tertiary/aromatic N) is 2. The number of nitrogen functional groups attached to an aromatic ring is 1. The van der Waals surface area contributed by atoms with Gasteiger partial charge in [0.15, 0.2) is 5.67 Å². The van der Waals surface area contributed by atoms with Crippen LogP contribution in [-0.4, -0.2) is 71.6 Å². The van der Waals surface area contributed by atoms with Crippen LogP contribution >= 0.6 is 23.5 Å². The van der Waals surface area contributed by atoms with Crippen LogP contribution in [0.15, 0.2) is 17.1 Å². The summed E-state index contributed by atoms with van der Waals surface area (Å²) in [5, 5.41) is 10.5. The molecule has 2 fully saturated rings. The number of fused-ring (bicyclic) bond motifs is 1. The largest absolute Gasteiger partial charge is 0.490 e. The summed E-state index contributed by atoms with van der Waals surface area (Å²) >= 11 is 0. The van der Waals surface area contributed by atoms with E-state index in [0.717, 1.165) is 17.9 Å². The van der Waals surface area contributed by atoms with Gasteiger partial charge in [-0.25, -0.2) is 22.9 Å². The van der Waals surface area contributed by atoms with E-state index in [2.05, 4.69) is 18.1 Å². The lowest BCUT2D eigenvalue weighted by atomic mass is 10.1. The Bertz CT molecular complexity index is 1110. The molecular weight excluding hydrogens is 510 g/mol. The Balaban J connectivity index is 1.73. The third kappa shape index (κ3) is 4.74. The molecule has 3 rings (SSSR count). The van der Waals surface area contributed by atoms with Crippen molar-refractivity contribution in [1.29, 1.82) is 0 Å². The van der Waals surface area contributed by atoms with Gasteiger partial charge in [0.2, 0.25) is 5.79 Å². The monoisotopic (exact) mass is 527 g/mol. The minimum absolute atomic E-state index is 0.131. The van der Waals surface area contributed by atoms with E-state index in [9.17, 15) is 28.5 Å². The summed E-state index contributed by atoms with van der Waals surface area (Å²) in [6.45, 7) is -1.27. The highest BCUT2D eigenvalue weighted by Crippen LogP contribution is 2.68. The number of hydrogen-bond acceptors (Lipinski definition) is 12. The highest BCUT2D eigenvalue weighted by molar-refractivity contribution is 7.66. The highest BCUT2D eigenvalue weighted by atomic mass is 31.3. The number of aliphatic hydroxyl groups is 1. The lowest BCUT2D eigenvalue weighted by Crippen LogP contribution is -2.52. The molecule has 7 N–H and O–H groups in total. The molecule has 1 saturated carbocycles. The normalized spacial score (nSPS) is 35.7. The van der Waals surface area contributed by atoms with Crippen molar-refractivity contribution in [2.24, 2.45) is 0 Å². The molecule has 0 spiro atoms. The fraction of sp³-hybridized carbons (Fsp3) is 0.636. The molecule has 1 aromatic rings. The zero-order valence-electron chi connectivity index (χ0n) is 15.7. The summed E-state index contributed by atoms with van der Waals surface area (Å²) in [7, 11) is -16.1. The molecule has 0 amide bonds. The Morgan fingerprint density at radius 3 is 2.34 bits per heavy atom. The van der Waals surface area contributed by atoms with E-state index in [-0.39, 0.29) is 5.82 Å². The molecule has 7 atom stereocenters. The maximum absolute atomic E-state index is 15.4. The fourth-order valence-corrected chi connectivity index (χ4v) is 6.26. The van der Waals surface area contributed by atoms with Gasteiger partial charge in [-0.05, 0) is 6.07 Å². The molecule has 0 aromatic carbocycles. The topological polar surface area (TPSA) is 259 Å². The SMILES string of the molecule is COC1(COP(=O)(O)OP(=O)(O)OP(=O)(O)O)O[C@H]2C(n3ccc(N)nc3=O)[C@]2(F)[C@@H]1O. The number of alkyl halides is 1. The number of methoxy groups -OCH3 is 1. The van der Waals surface area contributed by atoms with E-state index >= 15 is 4.39 Å². The molecular formula is C11H17FN3O14P3. The van der Waals surface area contributed by atoms with E-state index in [0.29, 0.717) is 0 Å². The average Bonchev–Trinajstić information content (AvgIpc) is 3.11. The van der Waals surface area contributed by atoms with Crippen LogP contribution in [-0.2, 0) is 36.3 Å². The highest BCUT2D eigenvalue weighted by Gasteiger charge is 2.84. The first-order valence-corrected chi connectivity index (χ1v) is 12.7. The zero-order valence-corrected chi connectivity index (χ0v) is 18.4. The number of nitrogens with two attached hydrogens (primary N) is 1. The zero-order chi connectivity index (χ0) is 24.3. The Labute approximate surface area is 176 Å². The molecule has 4 unspecified atom stereocenters. The molecule has 21 heteroatoms. The Kier molecular flexibility index (Phi) is 6.37. The predicted octanol–water partition coefficient (Wildman–Crippen LogP) is -1.47. The van der Waals surface area contributed by atoms with Crippen LogP contribution in [0.3, 0.4) is 0 Å². The van der Waals surface area contributed by atoms with Crippen molar-refractivity contribution in [2.75, 3.05) is 19.5 Å². The van der Waals surface area contributed by atoms with Gasteiger partial charge < -0.3 is 39.9 Å². The van der Waals surface area contributed by atoms with Crippen LogP contribution in [0.1, 0.15) is 6.04 Å². The molecule has 0 bridgehead atoms. The van der Waals surface area contributed by atoms with Gasteiger partial charge in [0.1, 0.15) is 30.7 Å². The number of ether oxygens (including phenoxy) is 2. The van der Waals surface area contributed by atoms with Gasteiger partial charge in [0.25, 0.3) is 0 Å². The summed E-state index contributed by atoms with van der Waals surface area (Å²) < 4.78 is 71.7. The van der Waals surface area contributed by atoms with E-state index in [1.807, 2.05) is 0 Å². The van der Waals surface area contributed by atoms with Crippen molar-refractivity contribution >= 4 is 29.3 Å². The van der Waals surface area contributed by atoms with Crippen molar-refractivity contribution in [1.82, 2.24) is 9.55 Å². The first-order chi connectivity index (χ1) is 14.5. The molecule has 1 aliphatic heterocycles. The van der Waals surface area contributed by atoms with Crippen LogP contribution in [0, 0.1) is 0 Å².